The average molecular weight is 418 g/mol. The number of benzene rings is 2. The molecule has 0 radical (unpaired) electrons. The largest absolute Gasteiger partial charge is 0.444 e. The summed E-state index contributed by atoms with van der Waals surface area (Å²) in [5.74, 6) is 0.857. The monoisotopic (exact) mass is 417 g/mol. The highest BCUT2D eigenvalue weighted by Gasteiger charge is 2.24. The van der Waals surface area contributed by atoms with Crippen LogP contribution in [0, 0.1) is 5.92 Å². The molecule has 6 nitrogen and oxygen atoms in total. The van der Waals surface area contributed by atoms with E-state index in [1.54, 1.807) is 0 Å². The second-order valence-corrected chi connectivity index (χ2v) is 8.17. The number of oxazole rings is 1. The molecule has 1 saturated heterocycles. The number of amides is 2. The standard InChI is InChI=1S/C25H27N3O3/c1-18-6-5-13-28(16-18)25(30)22-17-31-24(27-22)21-11-9-20(10-12-21)15-26-23(29)14-19-7-3-2-4-8-19/h2-4,7-12,17-18H,5-6,13-16H2,1H3,(H,26,29). The SMILES string of the molecule is CC1CCCN(C(=O)c2coc(-c3ccc(CNC(=O)Cc4ccccc4)cc3)n2)C1. The Morgan fingerprint density at radius 3 is 2.61 bits per heavy atom. The van der Waals surface area contributed by atoms with Crippen molar-refractivity contribution in [3.8, 4) is 11.5 Å². The van der Waals surface area contributed by atoms with E-state index in [1.165, 1.54) is 6.26 Å². The third-order valence-corrected chi connectivity index (χ3v) is 5.57. The number of aromatic nitrogens is 1. The number of piperidine rings is 1. The first kappa shape index (κ1) is 20.8. The van der Waals surface area contributed by atoms with Crippen molar-refractivity contribution in [3.63, 3.8) is 0 Å². The van der Waals surface area contributed by atoms with Crippen molar-refractivity contribution < 1.29 is 14.0 Å². The number of carbonyl (C=O) groups is 2. The first-order valence-corrected chi connectivity index (χ1v) is 10.7. The second kappa shape index (κ2) is 9.60. The van der Waals surface area contributed by atoms with Crippen LogP contribution in [0.1, 0.15) is 41.4 Å². The topological polar surface area (TPSA) is 75.4 Å². The summed E-state index contributed by atoms with van der Waals surface area (Å²) < 4.78 is 5.57. The van der Waals surface area contributed by atoms with Crippen LogP contribution in [0.4, 0.5) is 0 Å². The van der Waals surface area contributed by atoms with Gasteiger partial charge in [0.05, 0.1) is 6.42 Å². The molecule has 2 aromatic carbocycles. The highest BCUT2D eigenvalue weighted by molar-refractivity contribution is 5.92. The molecule has 0 bridgehead atoms. The maximum atomic E-state index is 12.7. The Bertz CT molecular complexity index is 1030. The normalized spacial score (nSPS) is 16.2. The van der Waals surface area contributed by atoms with Crippen LogP contribution in [0.3, 0.4) is 0 Å². The maximum Gasteiger partial charge on any atom is 0.275 e. The third kappa shape index (κ3) is 5.40. The van der Waals surface area contributed by atoms with E-state index < -0.39 is 0 Å². The van der Waals surface area contributed by atoms with Gasteiger partial charge in [0.1, 0.15) is 6.26 Å². The molecule has 1 aromatic heterocycles. The zero-order chi connectivity index (χ0) is 21.6. The Labute approximate surface area is 182 Å². The summed E-state index contributed by atoms with van der Waals surface area (Å²) in [6, 6.07) is 17.3. The van der Waals surface area contributed by atoms with Crippen molar-refractivity contribution in [1.29, 1.82) is 0 Å². The first-order valence-electron chi connectivity index (χ1n) is 10.7. The van der Waals surface area contributed by atoms with Crippen LogP contribution in [0.5, 0.6) is 0 Å². The molecular formula is C25H27N3O3. The lowest BCUT2D eigenvalue weighted by atomic mass is 10.0. The number of likely N-dealkylation sites (tertiary alicyclic amines) is 1. The van der Waals surface area contributed by atoms with Gasteiger partial charge in [0.25, 0.3) is 5.91 Å². The molecule has 1 unspecified atom stereocenters. The quantitative estimate of drug-likeness (QED) is 0.656. The van der Waals surface area contributed by atoms with Crippen molar-refractivity contribution in [3.05, 3.63) is 77.7 Å². The first-order chi connectivity index (χ1) is 15.1. The molecule has 1 aliphatic rings. The van der Waals surface area contributed by atoms with Crippen LogP contribution in [0.25, 0.3) is 11.5 Å². The van der Waals surface area contributed by atoms with Crippen LogP contribution in [0.2, 0.25) is 0 Å². The zero-order valence-electron chi connectivity index (χ0n) is 17.7. The maximum absolute atomic E-state index is 12.7. The molecule has 2 amide bonds. The number of nitrogens with one attached hydrogen (secondary N) is 1. The molecule has 1 N–H and O–H groups in total. The Balaban J connectivity index is 1.33. The third-order valence-electron chi connectivity index (χ3n) is 5.57. The molecule has 160 valence electrons. The highest BCUT2D eigenvalue weighted by atomic mass is 16.3. The predicted octanol–water partition coefficient (Wildman–Crippen LogP) is 4.07. The Morgan fingerprint density at radius 2 is 1.87 bits per heavy atom. The van der Waals surface area contributed by atoms with Crippen molar-refractivity contribution >= 4 is 11.8 Å². The lowest BCUT2D eigenvalue weighted by molar-refractivity contribution is -0.120. The molecule has 2 heterocycles. The van der Waals surface area contributed by atoms with Gasteiger partial charge >= 0.3 is 0 Å². The minimum Gasteiger partial charge on any atom is -0.444 e. The van der Waals surface area contributed by atoms with Gasteiger partial charge in [-0.3, -0.25) is 9.59 Å². The molecule has 0 aliphatic carbocycles. The van der Waals surface area contributed by atoms with E-state index in [0.717, 1.165) is 42.6 Å². The molecular weight excluding hydrogens is 390 g/mol. The van der Waals surface area contributed by atoms with Crippen LogP contribution in [-0.4, -0.2) is 34.8 Å². The number of carbonyl (C=O) groups excluding carboxylic acids is 2. The minimum atomic E-state index is -0.0701. The molecule has 0 spiro atoms. The second-order valence-electron chi connectivity index (χ2n) is 8.17. The summed E-state index contributed by atoms with van der Waals surface area (Å²) in [4.78, 5) is 31.1. The fourth-order valence-electron chi connectivity index (χ4n) is 3.85. The smallest absolute Gasteiger partial charge is 0.275 e. The van der Waals surface area contributed by atoms with Gasteiger partial charge in [-0.1, -0.05) is 49.4 Å². The minimum absolute atomic E-state index is 0.0156. The van der Waals surface area contributed by atoms with E-state index in [1.807, 2.05) is 59.5 Å². The van der Waals surface area contributed by atoms with Crippen LogP contribution < -0.4 is 5.32 Å². The van der Waals surface area contributed by atoms with Crippen LogP contribution >= 0.6 is 0 Å². The van der Waals surface area contributed by atoms with Gasteiger partial charge in [0.2, 0.25) is 11.8 Å². The summed E-state index contributed by atoms with van der Waals surface area (Å²) in [6.45, 7) is 4.16. The fourth-order valence-corrected chi connectivity index (χ4v) is 3.85. The molecule has 0 saturated carbocycles. The predicted molar refractivity (Wildman–Crippen MR) is 118 cm³/mol. The number of hydrogen-bond acceptors (Lipinski definition) is 4. The molecule has 1 atom stereocenters. The molecule has 4 rings (SSSR count). The van der Waals surface area contributed by atoms with Gasteiger partial charge < -0.3 is 14.6 Å². The van der Waals surface area contributed by atoms with E-state index in [4.69, 9.17) is 4.42 Å². The molecule has 3 aromatic rings. The van der Waals surface area contributed by atoms with E-state index in [9.17, 15) is 9.59 Å². The van der Waals surface area contributed by atoms with Gasteiger partial charge in [-0.05, 0) is 42.0 Å². The lowest BCUT2D eigenvalue weighted by Crippen LogP contribution is -2.39. The number of nitrogens with zero attached hydrogens (tertiary/aromatic N) is 2. The van der Waals surface area contributed by atoms with Crippen LogP contribution in [0.15, 0.2) is 65.3 Å². The molecule has 1 fully saturated rings. The Morgan fingerprint density at radius 1 is 1.10 bits per heavy atom. The summed E-state index contributed by atoms with van der Waals surface area (Å²) in [5.41, 5.74) is 3.12. The lowest BCUT2D eigenvalue weighted by Gasteiger charge is -2.30. The van der Waals surface area contributed by atoms with Crippen LogP contribution in [-0.2, 0) is 17.8 Å². The van der Waals surface area contributed by atoms with Gasteiger partial charge in [-0.15, -0.1) is 0 Å². The summed E-state index contributed by atoms with van der Waals surface area (Å²) in [5, 5.41) is 2.94. The number of hydrogen-bond donors (Lipinski definition) is 1. The molecule has 6 heteroatoms. The number of rotatable bonds is 6. The van der Waals surface area contributed by atoms with E-state index in [-0.39, 0.29) is 11.8 Å². The fraction of sp³-hybridized carbons (Fsp3) is 0.320. The van der Waals surface area contributed by atoms with E-state index >= 15 is 0 Å². The summed E-state index contributed by atoms with van der Waals surface area (Å²) in [6.07, 6.45) is 3.99. The van der Waals surface area contributed by atoms with Crippen molar-refractivity contribution in [2.45, 2.75) is 32.7 Å². The van der Waals surface area contributed by atoms with Crippen molar-refractivity contribution in [2.75, 3.05) is 13.1 Å². The highest BCUT2D eigenvalue weighted by Crippen LogP contribution is 2.22. The summed E-state index contributed by atoms with van der Waals surface area (Å²) >= 11 is 0. The van der Waals surface area contributed by atoms with Crippen molar-refractivity contribution in [1.82, 2.24) is 15.2 Å². The average Bonchev–Trinajstić information content (AvgIpc) is 3.28. The Hall–Kier alpha value is -3.41. The van der Waals surface area contributed by atoms with Gasteiger partial charge in [-0.2, -0.15) is 0 Å². The van der Waals surface area contributed by atoms with Crippen molar-refractivity contribution in [2.24, 2.45) is 5.92 Å². The van der Waals surface area contributed by atoms with Gasteiger partial charge in [0.15, 0.2) is 5.69 Å². The van der Waals surface area contributed by atoms with E-state index in [0.29, 0.717) is 30.5 Å². The molecule has 1 aliphatic heterocycles. The van der Waals surface area contributed by atoms with E-state index in [2.05, 4.69) is 17.2 Å². The zero-order valence-corrected chi connectivity index (χ0v) is 17.7. The van der Waals surface area contributed by atoms with Gasteiger partial charge in [0, 0.05) is 25.2 Å². The Kier molecular flexibility index (Phi) is 6.46. The molecule has 31 heavy (non-hydrogen) atoms. The van der Waals surface area contributed by atoms with Gasteiger partial charge in [-0.25, -0.2) is 4.98 Å². The summed E-state index contributed by atoms with van der Waals surface area (Å²) in [7, 11) is 0.